The van der Waals surface area contributed by atoms with Gasteiger partial charge in [0.25, 0.3) is 11.8 Å². The highest BCUT2D eigenvalue weighted by atomic mass is 79.9. The van der Waals surface area contributed by atoms with Crippen LogP contribution in [-0.2, 0) is 0 Å². The lowest BCUT2D eigenvalue weighted by Crippen LogP contribution is -2.49. The van der Waals surface area contributed by atoms with Crippen LogP contribution in [0.1, 0.15) is 26.3 Å². The van der Waals surface area contributed by atoms with Gasteiger partial charge in [0.15, 0.2) is 0 Å². The summed E-state index contributed by atoms with van der Waals surface area (Å²) >= 11 is 13.5. The zero-order chi connectivity index (χ0) is 25.1. The number of ether oxygens (including phenoxy) is 1. The van der Waals surface area contributed by atoms with E-state index in [0.29, 0.717) is 58.2 Å². The highest BCUT2D eigenvalue weighted by Crippen LogP contribution is 2.37. The number of aryl methyl sites for hydroxylation is 1. The topological polar surface area (TPSA) is 61.9 Å². The van der Waals surface area contributed by atoms with Gasteiger partial charge >= 0.3 is 0 Å². The van der Waals surface area contributed by atoms with Crippen molar-refractivity contribution in [3.63, 3.8) is 0 Å². The first-order chi connectivity index (χ1) is 16.8. The van der Waals surface area contributed by atoms with E-state index in [-0.39, 0.29) is 11.8 Å². The number of halogens is 3. The first kappa shape index (κ1) is 25.5. The van der Waals surface area contributed by atoms with Crippen molar-refractivity contribution in [1.29, 1.82) is 0 Å². The Kier molecular flexibility index (Phi) is 8.04. The molecule has 0 unspecified atom stereocenters. The summed E-state index contributed by atoms with van der Waals surface area (Å²) in [5.41, 5.74) is 3.52. The van der Waals surface area contributed by atoms with E-state index < -0.39 is 0 Å². The summed E-state index contributed by atoms with van der Waals surface area (Å²) in [6.07, 6.45) is 0. The first-order valence-corrected chi connectivity index (χ1v) is 13.0. The molecule has 9 heteroatoms. The van der Waals surface area contributed by atoms with E-state index in [0.717, 1.165) is 15.7 Å². The van der Waals surface area contributed by atoms with E-state index in [4.69, 9.17) is 16.3 Å². The molecule has 0 spiro atoms. The quantitative estimate of drug-likeness (QED) is 0.359. The molecule has 0 atom stereocenters. The summed E-state index contributed by atoms with van der Waals surface area (Å²) in [4.78, 5) is 30.1. The van der Waals surface area contributed by atoms with Crippen LogP contribution in [0.25, 0.3) is 0 Å². The third kappa shape index (κ3) is 5.66. The number of benzene rings is 3. The summed E-state index contributed by atoms with van der Waals surface area (Å²) in [5.74, 6) is 0.141. The molecule has 1 saturated heterocycles. The van der Waals surface area contributed by atoms with Crippen LogP contribution in [-0.4, -0.2) is 50.0 Å². The lowest BCUT2D eigenvalue weighted by Gasteiger charge is -2.37. The molecule has 0 aliphatic carbocycles. The van der Waals surface area contributed by atoms with Crippen LogP contribution in [0.2, 0.25) is 5.02 Å². The fourth-order valence-corrected chi connectivity index (χ4v) is 5.76. The molecule has 4 rings (SSSR count). The molecule has 0 bridgehead atoms. The average molecular weight is 622 g/mol. The zero-order valence-electron chi connectivity index (χ0n) is 19.3. The highest BCUT2D eigenvalue weighted by Gasteiger charge is 2.26. The van der Waals surface area contributed by atoms with Crippen LogP contribution >= 0.6 is 43.5 Å². The number of anilines is 2. The van der Waals surface area contributed by atoms with Crippen molar-refractivity contribution in [3.05, 3.63) is 85.3 Å². The largest absolute Gasteiger partial charge is 0.495 e. The summed E-state index contributed by atoms with van der Waals surface area (Å²) in [5, 5.41) is 3.52. The van der Waals surface area contributed by atoms with Crippen molar-refractivity contribution >= 4 is 66.6 Å². The molecule has 1 heterocycles. The molecule has 6 nitrogen and oxygen atoms in total. The predicted molar refractivity (Wildman–Crippen MR) is 147 cm³/mol. The predicted octanol–water partition coefficient (Wildman–Crippen LogP) is 6.40. The van der Waals surface area contributed by atoms with Gasteiger partial charge in [-0.1, -0.05) is 51.3 Å². The Bertz CT molecular complexity index is 1260. The van der Waals surface area contributed by atoms with Gasteiger partial charge in [-0.05, 0) is 59.3 Å². The SMILES string of the molecule is COc1c(Br)cc(Br)cc1C(=O)Nc1cccc(Cl)c1N1CCN(C(=O)c2ccc(C)cc2)CC1. The molecule has 0 saturated carbocycles. The summed E-state index contributed by atoms with van der Waals surface area (Å²) in [7, 11) is 1.52. The second-order valence-corrected chi connectivity index (χ2v) is 10.4. The van der Waals surface area contributed by atoms with Crippen molar-refractivity contribution in [2.75, 3.05) is 43.5 Å². The molecule has 3 aromatic carbocycles. The van der Waals surface area contributed by atoms with Crippen molar-refractivity contribution in [1.82, 2.24) is 4.90 Å². The Morgan fingerprint density at radius 1 is 1.00 bits per heavy atom. The van der Waals surface area contributed by atoms with Crippen LogP contribution in [0.15, 0.2) is 63.5 Å². The average Bonchev–Trinajstić information content (AvgIpc) is 2.84. The standard InChI is InChI=1S/C26H24Br2ClN3O3/c1-16-6-8-17(9-7-16)26(34)32-12-10-31(11-13-32)23-21(29)4-3-5-22(23)30-25(33)19-14-18(27)15-20(28)24(19)35-2/h3-9,14-15H,10-13H2,1-2H3,(H,30,33). The maximum Gasteiger partial charge on any atom is 0.259 e. The van der Waals surface area contributed by atoms with Crippen molar-refractivity contribution < 1.29 is 14.3 Å². The van der Waals surface area contributed by atoms with E-state index in [2.05, 4.69) is 42.1 Å². The Morgan fingerprint density at radius 3 is 2.34 bits per heavy atom. The summed E-state index contributed by atoms with van der Waals surface area (Å²) in [6, 6.07) is 16.6. The van der Waals surface area contributed by atoms with Gasteiger partial charge in [-0.3, -0.25) is 9.59 Å². The Balaban J connectivity index is 1.52. The van der Waals surface area contributed by atoms with Crippen LogP contribution < -0.4 is 15.0 Å². The van der Waals surface area contributed by atoms with Crippen LogP contribution in [0, 0.1) is 6.92 Å². The van der Waals surface area contributed by atoms with Gasteiger partial charge in [0.1, 0.15) is 5.75 Å². The molecule has 182 valence electrons. The first-order valence-electron chi connectivity index (χ1n) is 11.0. The van der Waals surface area contributed by atoms with Gasteiger partial charge < -0.3 is 19.9 Å². The van der Waals surface area contributed by atoms with Gasteiger partial charge in [-0.15, -0.1) is 0 Å². The summed E-state index contributed by atoms with van der Waals surface area (Å²) in [6.45, 7) is 4.29. The third-order valence-electron chi connectivity index (χ3n) is 5.87. The van der Waals surface area contributed by atoms with Crippen molar-refractivity contribution in [2.24, 2.45) is 0 Å². The molecule has 0 radical (unpaired) electrons. The highest BCUT2D eigenvalue weighted by molar-refractivity contribution is 9.11. The number of para-hydroxylation sites is 1. The van der Waals surface area contributed by atoms with Gasteiger partial charge in [0.2, 0.25) is 0 Å². The number of amides is 2. The Morgan fingerprint density at radius 2 is 1.69 bits per heavy atom. The minimum atomic E-state index is -0.319. The monoisotopic (exact) mass is 619 g/mol. The number of carbonyl (C=O) groups is 2. The van der Waals surface area contributed by atoms with E-state index >= 15 is 0 Å². The molecular formula is C26H24Br2ClN3O3. The number of hydrogen-bond acceptors (Lipinski definition) is 4. The molecule has 1 aliphatic rings. The molecule has 0 aromatic heterocycles. The normalized spacial score (nSPS) is 13.5. The van der Waals surface area contributed by atoms with Crippen molar-refractivity contribution in [2.45, 2.75) is 6.92 Å². The number of piperazine rings is 1. The van der Waals surface area contributed by atoms with E-state index in [1.807, 2.05) is 48.2 Å². The van der Waals surface area contributed by atoms with Gasteiger partial charge in [0.05, 0.1) is 33.5 Å². The second-order valence-electron chi connectivity index (χ2n) is 8.20. The maximum atomic E-state index is 13.2. The van der Waals surface area contributed by atoms with Crippen LogP contribution in [0.4, 0.5) is 11.4 Å². The lowest BCUT2D eigenvalue weighted by molar-refractivity contribution is 0.0746. The fraction of sp³-hybridized carbons (Fsp3) is 0.231. The van der Waals surface area contributed by atoms with E-state index in [9.17, 15) is 9.59 Å². The third-order valence-corrected chi connectivity index (χ3v) is 7.23. The number of rotatable bonds is 5. The molecule has 35 heavy (non-hydrogen) atoms. The Labute approximate surface area is 226 Å². The molecule has 2 amide bonds. The second kappa shape index (κ2) is 11.0. The molecule has 1 aliphatic heterocycles. The lowest BCUT2D eigenvalue weighted by atomic mass is 10.1. The molecular weight excluding hydrogens is 598 g/mol. The molecule has 1 fully saturated rings. The van der Waals surface area contributed by atoms with E-state index in [1.54, 1.807) is 18.2 Å². The van der Waals surface area contributed by atoms with Gasteiger partial charge in [0, 0.05) is 36.2 Å². The van der Waals surface area contributed by atoms with Gasteiger partial charge in [-0.2, -0.15) is 0 Å². The fourth-order valence-electron chi connectivity index (χ4n) is 4.08. The molecule has 3 aromatic rings. The number of methoxy groups -OCH3 is 1. The number of carbonyl (C=O) groups excluding carboxylic acids is 2. The maximum absolute atomic E-state index is 13.2. The smallest absolute Gasteiger partial charge is 0.259 e. The van der Waals surface area contributed by atoms with Crippen molar-refractivity contribution in [3.8, 4) is 5.75 Å². The van der Waals surface area contributed by atoms with Crippen LogP contribution in [0.3, 0.4) is 0 Å². The number of nitrogens with zero attached hydrogens (tertiary/aromatic N) is 2. The van der Waals surface area contributed by atoms with E-state index in [1.165, 1.54) is 7.11 Å². The zero-order valence-corrected chi connectivity index (χ0v) is 23.2. The summed E-state index contributed by atoms with van der Waals surface area (Å²) < 4.78 is 6.85. The minimum Gasteiger partial charge on any atom is -0.495 e. The molecule has 1 N–H and O–H groups in total. The number of hydrogen-bond donors (Lipinski definition) is 1. The Hall–Kier alpha value is -2.55. The van der Waals surface area contributed by atoms with Gasteiger partial charge in [-0.25, -0.2) is 0 Å². The van der Waals surface area contributed by atoms with Crippen LogP contribution in [0.5, 0.6) is 5.75 Å². The minimum absolute atomic E-state index is 0.0182. The number of nitrogens with one attached hydrogen (secondary N) is 1.